The molecule has 1 aliphatic rings. The van der Waals surface area contributed by atoms with Gasteiger partial charge in [-0.25, -0.2) is 0 Å². The number of aryl methyl sites for hydroxylation is 1. The fourth-order valence-electron chi connectivity index (χ4n) is 2.70. The van der Waals surface area contributed by atoms with Gasteiger partial charge in [0.05, 0.1) is 6.54 Å². The molecule has 0 bridgehead atoms. The van der Waals surface area contributed by atoms with Gasteiger partial charge in [-0.15, -0.1) is 0 Å². The third-order valence-electron chi connectivity index (χ3n) is 3.85. The zero-order valence-electron chi connectivity index (χ0n) is 11.7. The van der Waals surface area contributed by atoms with E-state index in [9.17, 15) is 4.79 Å². The fraction of sp³-hybridized carbons (Fsp3) is 0.769. The largest absolute Gasteiger partial charge is 0.347 e. The Bertz CT molecular complexity index is 424. The van der Waals surface area contributed by atoms with E-state index in [-0.39, 0.29) is 11.4 Å². The smallest absolute Gasteiger partial charge is 0.246 e. The Morgan fingerprint density at radius 3 is 2.68 bits per heavy atom. The Hall–Kier alpha value is -1.43. The SMILES string of the molecule is CNC1(CC(=O)NCc2nc(C)no2)CCCCC1. The van der Waals surface area contributed by atoms with Crippen LogP contribution in [0, 0.1) is 6.92 Å². The predicted octanol–water partition coefficient (Wildman–Crippen LogP) is 1.31. The van der Waals surface area contributed by atoms with Crippen molar-refractivity contribution in [3.63, 3.8) is 0 Å². The van der Waals surface area contributed by atoms with Crippen LogP contribution in [0.2, 0.25) is 0 Å². The van der Waals surface area contributed by atoms with Gasteiger partial charge >= 0.3 is 0 Å². The van der Waals surface area contributed by atoms with Crippen molar-refractivity contribution in [2.24, 2.45) is 0 Å². The Morgan fingerprint density at radius 2 is 2.11 bits per heavy atom. The molecule has 6 nitrogen and oxygen atoms in total. The molecule has 1 aliphatic carbocycles. The van der Waals surface area contributed by atoms with Gasteiger partial charge < -0.3 is 15.2 Å². The molecule has 0 saturated heterocycles. The lowest BCUT2D eigenvalue weighted by Gasteiger charge is -2.36. The zero-order valence-corrected chi connectivity index (χ0v) is 11.7. The molecule has 1 saturated carbocycles. The Labute approximate surface area is 113 Å². The first-order chi connectivity index (χ1) is 9.13. The summed E-state index contributed by atoms with van der Waals surface area (Å²) < 4.78 is 4.96. The van der Waals surface area contributed by atoms with Crippen LogP contribution in [0.3, 0.4) is 0 Å². The summed E-state index contributed by atoms with van der Waals surface area (Å²) in [6.07, 6.45) is 6.30. The first-order valence-electron chi connectivity index (χ1n) is 6.88. The van der Waals surface area contributed by atoms with Gasteiger partial charge in [0, 0.05) is 12.0 Å². The molecule has 0 unspecified atom stereocenters. The minimum Gasteiger partial charge on any atom is -0.347 e. The van der Waals surface area contributed by atoms with Gasteiger partial charge in [-0.1, -0.05) is 24.4 Å². The second kappa shape index (κ2) is 6.14. The van der Waals surface area contributed by atoms with Crippen LogP contribution in [0.15, 0.2) is 4.52 Å². The number of amides is 1. The van der Waals surface area contributed by atoms with Crippen molar-refractivity contribution in [1.82, 2.24) is 20.8 Å². The molecule has 6 heteroatoms. The van der Waals surface area contributed by atoms with Crippen LogP contribution >= 0.6 is 0 Å². The minimum absolute atomic E-state index is 0.0344. The molecule has 1 aromatic rings. The van der Waals surface area contributed by atoms with Crippen molar-refractivity contribution >= 4 is 5.91 Å². The molecule has 0 spiro atoms. The maximum absolute atomic E-state index is 12.0. The van der Waals surface area contributed by atoms with E-state index < -0.39 is 0 Å². The highest BCUT2D eigenvalue weighted by Crippen LogP contribution is 2.30. The number of carbonyl (C=O) groups is 1. The Balaban J connectivity index is 1.82. The standard InChI is InChI=1S/C13H22N4O2/c1-10-16-12(19-17-10)9-15-11(18)8-13(14-2)6-4-3-5-7-13/h14H,3-9H2,1-2H3,(H,15,18). The van der Waals surface area contributed by atoms with Crippen LogP contribution in [0.1, 0.15) is 50.2 Å². The van der Waals surface area contributed by atoms with E-state index in [0.29, 0.717) is 24.7 Å². The van der Waals surface area contributed by atoms with E-state index in [1.807, 2.05) is 7.05 Å². The molecular formula is C13H22N4O2. The monoisotopic (exact) mass is 266 g/mol. The molecular weight excluding hydrogens is 244 g/mol. The van der Waals surface area contributed by atoms with Gasteiger partial charge in [0.1, 0.15) is 0 Å². The highest BCUT2D eigenvalue weighted by molar-refractivity contribution is 5.77. The first kappa shape index (κ1) is 14.0. The lowest BCUT2D eigenvalue weighted by molar-refractivity contribution is -0.123. The molecule has 1 amide bonds. The molecule has 0 aromatic carbocycles. The van der Waals surface area contributed by atoms with Gasteiger partial charge in [-0.05, 0) is 26.8 Å². The number of carbonyl (C=O) groups excluding carboxylic acids is 1. The topological polar surface area (TPSA) is 80.0 Å². The zero-order chi connectivity index (χ0) is 13.7. The van der Waals surface area contributed by atoms with Gasteiger partial charge in [-0.3, -0.25) is 4.79 Å². The van der Waals surface area contributed by atoms with E-state index in [2.05, 4.69) is 20.8 Å². The lowest BCUT2D eigenvalue weighted by atomic mass is 9.79. The van der Waals surface area contributed by atoms with Gasteiger partial charge in [0.2, 0.25) is 11.8 Å². The van der Waals surface area contributed by atoms with E-state index in [4.69, 9.17) is 4.52 Å². The summed E-state index contributed by atoms with van der Waals surface area (Å²) >= 11 is 0. The average Bonchev–Trinajstić information content (AvgIpc) is 2.83. The van der Waals surface area contributed by atoms with Gasteiger partial charge in [0.25, 0.3) is 0 Å². The molecule has 0 radical (unpaired) electrons. The highest BCUT2D eigenvalue weighted by Gasteiger charge is 2.32. The van der Waals surface area contributed by atoms with E-state index in [1.54, 1.807) is 6.92 Å². The summed E-state index contributed by atoms with van der Waals surface area (Å²) in [5.74, 6) is 1.07. The number of aromatic nitrogens is 2. The summed E-state index contributed by atoms with van der Waals surface area (Å²) in [7, 11) is 1.94. The van der Waals surface area contributed by atoms with Crippen LogP contribution in [0.5, 0.6) is 0 Å². The summed E-state index contributed by atoms with van der Waals surface area (Å²) in [5.41, 5.74) is -0.0346. The number of hydrogen-bond donors (Lipinski definition) is 2. The van der Waals surface area contributed by atoms with Crippen LogP contribution in [0.25, 0.3) is 0 Å². The van der Waals surface area contributed by atoms with E-state index in [0.717, 1.165) is 12.8 Å². The number of nitrogens with one attached hydrogen (secondary N) is 2. The predicted molar refractivity (Wildman–Crippen MR) is 70.4 cm³/mol. The number of nitrogens with zero attached hydrogens (tertiary/aromatic N) is 2. The molecule has 2 N–H and O–H groups in total. The molecule has 1 aromatic heterocycles. The molecule has 0 aliphatic heterocycles. The minimum atomic E-state index is -0.0346. The van der Waals surface area contributed by atoms with Gasteiger partial charge in [-0.2, -0.15) is 4.98 Å². The molecule has 0 atom stereocenters. The lowest BCUT2D eigenvalue weighted by Crippen LogP contribution is -2.48. The Morgan fingerprint density at radius 1 is 1.37 bits per heavy atom. The van der Waals surface area contributed by atoms with Crippen molar-refractivity contribution in [3.8, 4) is 0 Å². The van der Waals surface area contributed by atoms with E-state index >= 15 is 0 Å². The summed E-state index contributed by atoms with van der Waals surface area (Å²) in [5, 5.41) is 9.87. The normalized spacial score (nSPS) is 18.2. The molecule has 1 fully saturated rings. The number of hydrogen-bond acceptors (Lipinski definition) is 5. The van der Waals surface area contributed by atoms with Crippen molar-refractivity contribution in [2.75, 3.05) is 7.05 Å². The third-order valence-corrected chi connectivity index (χ3v) is 3.85. The van der Waals surface area contributed by atoms with Crippen LogP contribution in [0.4, 0.5) is 0 Å². The van der Waals surface area contributed by atoms with Gasteiger partial charge in [0.15, 0.2) is 5.82 Å². The maximum Gasteiger partial charge on any atom is 0.246 e. The summed E-state index contributed by atoms with van der Waals surface area (Å²) in [4.78, 5) is 16.1. The fourth-order valence-corrected chi connectivity index (χ4v) is 2.70. The second-order valence-electron chi connectivity index (χ2n) is 5.28. The van der Waals surface area contributed by atoms with Crippen molar-refractivity contribution in [3.05, 3.63) is 11.7 Å². The van der Waals surface area contributed by atoms with Crippen molar-refractivity contribution in [2.45, 2.75) is 57.5 Å². The first-order valence-corrected chi connectivity index (χ1v) is 6.88. The molecule has 106 valence electrons. The third kappa shape index (κ3) is 3.76. The average molecular weight is 266 g/mol. The summed E-state index contributed by atoms with van der Waals surface area (Å²) in [6.45, 7) is 2.06. The van der Waals surface area contributed by atoms with Crippen molar-refractivity contribution < 1.29 is 9.32 Å². The summed E-state index contributed by atoms with van der Waals surface area (Å²) in [6, 6.07) is 0. The second-order valence-corrected chi connectivity index (χ2v) is 5.28. The molecule has 1 heterocycles. The van der Waals surface area contributed by atoms with E-state index in [1.165, 1.54) is 19.3 Å². The highest BCUT2D eigenvalue weighted by atomic mass is 16.5. The van der Waals surface area contributed by atoms with Crippen LogP contribution in [-0.2, 0) is 11.3 Å². The van der Waals surface area contributed by atoms with Crippen molar-refractivity contribution in [1.29, 1.82) is 0 Å². The number of rotatable bonds is 5. The quantitative estimate of drug-likeness (QED) is 0.840. The Kier molecular flexibility index (Phi) is 4.52. The maximum atomic E-state index is 12.0. The van der Waals surface area contributed by atoms with Crippen LogP contribution < -0.4 is 10.6 Å². The van der Waals surface area contributed by atoms with Crippen LogP contribution in [-0.4, -0.2) is 28.6 Å². The molecule has 2 rings (SSSR count). The molecule has 19 heavy (non-hydrogen) atoms.